The van der Waals surface area contributed by atoms with Crippen LogP contribution < -0.4 is 14.8 Å². The monoisotopic (exact) mass is 251 g/mol. The molecule has 1 rings (SSSR count). The fourth-order valence-corrected chi connectivity index (χ4v) is 1.89. The first-order valence-electron chi connectivity index (χ1n) is 6.83. The highest BCUT2D eigenvalue weighted by Crippen LogP contribution is 2.19. The van der Waals surface area contributed by atoms with Gasteiger partial charge in [0, 0.05) is 12.1 Å². The van der Waals surface area contributed by atoms with Crippen LogP contribution in [-0.4, -0.2) is 26.3 Å². The molecule has 3 heteroatoms. The number of hydrogen-bond acceptors (Lipinski definition) is 3. The van der Waals surface area contributed by atoms with Crippen molar-refractivity contribution < 1.29 is 9.47 Å². The van der Waals surface area contributed by atoms with Crippen LogP contribution in [0.1, 0.15) is 33.1 Å². The van der Waals surface area contributed by atoms with Crippen molar-refractivity contribution in [1.29, 1.82) is 0 Å². The van der Waals surface area contributed by atoms with E-state index in [1.807, 2.05) is 38.2 Å². The van der Waals surface area contributed by atoms with Crippen molar-refractivity contribution in [3.63, 3.8) is 0 Å². The summed E-state index contributed by atoms with van der Waals surface area (Å²) in [5, 5.41) is 3.30. The van der Waals surface area contributed by atoms with Crippen molar-refractivity contribution in [3.8, 4) is 11.5 Å². The summed E-state index contributed by atoms with van der Waals surface area (Å²) >= 11 is 0. The Bertz CT molecular complexity index is 324. The van der Waals surface area contributed by atoms with Gasteiger partial charge >= 0.3 is 0 Å². The zero-order valence-corrected chi connectivity index (χ0v) is 11.7. The molecule has 3 nitrogen and oxygen atoms in total. The predicted molar refractivity (Wildman–Crippen MR) is 75.5 cm³/mol. The topological polar surface area (TPSA) is 30.5 Å². The predicted octanol–water partition coefficient (Wildman–Crippen LogP) is 3.24. The summed E-state index contributed by atoms with van der Waals surface area (Å²) in [4.78, 5) is 0. The summed E-state index contributed by atoms with van der Waals surface area (Å²) in [6.45, 7) is 5.63. The lowest BCUT2D eigenvalue weighted by atomic mass is 10.1. The molecule has 0 aromatic heterocycles. The Kier molecular flexibility index (Phi) is 7.26. The van der Waals surface area contributed by atoms with E-state index in [1.54, 1.807) is 0 Å². The van der Waals surface area contributed by atoms with E-state index in [1.165, 1.54) is 0 Å². The smallest absolute Gasteiger partial charge is 0.122 e. The van der Waals surface area contributed by atoms with Gasteiger partial charge in [-0.3, -0.25) is 0 Å². The fraction of sp³-hybridized carbons (Fsp3) is 0.600. The van der Waals surface area contributed by atoms with Crippen molar-refractivity contribution >= 4 is 0 Å². The molecule has 102 valence electrons. The van der Waals surface area contributed by atoms with Crippen molar-refractivity contribution in [1.82, 2.24) is 5.32 Å². The molecule has 0 aliphatic heterocycles. The molecular weight excluding hydrogens is 226 g/mol. The molecule has 0 spiro atoms. The molecule has 0 heterocycles. The molecule has 18 heavy (non-hydrogen) atoms. The lowest BCUT2D eigenvalue weighted by Crippen LogP contribution is -2.24. The molecular formula is C15H25NO2. The molecule has 0 saturated carbocycles. The van der Waals surface area contributed by atoms with E-state index in [2.05, 4.69) is 12.2 Å². The SMILES string of the molecule is CCOc1cccc(OCCCC(CC)NC)c1. The molecule has 0 saturated heterocycles. The first-order valence-corrected chi connectivity index (χ1v) is 6.83. The molecule has 0 amide bonds. The van der Waals surface area contributed by atoms with Gasteiger partial charge in [-0.1, -0.05) is 13.0 Å². The second kappa shape index (κ2) is 8.81. The van der Waals surface area contributed by atoms with Crippen LogP contribution >= 0.6 is 0 Å². The Balaban J connectivity index is 2.28. The summed E-state index contributed by atoms with van der Waals surface area (Å²) in [5.41, 5.74) is 0. The van der Waals surface area contributed by atoms with Crippen LogP contribution in [0.15, 0.2) is 24.3 Å². The number of hydrogen-bond donors (Lipinski definition) is 1. The maximum Gasteiger partial charge on any atom is 0.122 e. The first-order chi connectivity index (χ1) is 8.80. The van der Waals surface area contributed by atoms with Crippen LogP contribution in [0.3, 0.4) is 0 Å². The van der Waals surface area contributed by atoms with Gasteiger partial charge in [0.15, 0.2) is 0 Å². The lowest BCUT2D eigenvalue weighted by molar-refractivity contribution is 0.292. The van der Waals surface area contributed by atoms with E-state index in [9.17, 15) is 0 Å². The summed E-state index contributed by atoms with van der Waals surface area (Å²) in [6, 6.07) is 8.42. The molecule has 0 bridgehead atoms. The van der Waals surface area contributed by atoms with Gasteiger partial charge in [-0.15, -0.1) is 0 Å². The van der Waals surface area contributed by atoms with Crippen LogP contribution in [0.25, 0.3) is 0 Å². The van der Waals surface area contributed by atoms with E-state index in [-0.39, 0.29) is 0 Å². The van der Waals surface area contributed by atoms with Crippen molar-refractivity contribution in [3.05, 3.63) is 24.3 Å². The molecule has 1 aromatic carbocycles. The van der Waals surface area contributed by atoms with Gasteiger partial charge in [-0.2, -0.15) is 0 Å². The molecule has 1 atom stereocenters. The highest BCUT2D eigenvalue weighted by atomic mass is 16.5. The Hall–Kier alpha value is -1.22. The number of rotatable bonds is 9. The highest BCUT2D eigenvalue weighted by Gasteiger charge is 2.02. The largest absolute Gasteiger partial charge is 0.494 e. The van der Waals surface area contributed by atoms with E-state index >= 15 is 0 Å². The van der Waals surface area contributed by atoms with Crippen molar-refractivity contribution in [2.75, 3.05) is 20.3 Å². The number of ether oxygens (including phenoxy) is 2. The van der Waals surface area contributed by atoms with Gasteiger partial charge in [0.1, 0.15) is 11.5 Å². The summed E-state index contributed by atoms with van der Waals surface area (Å²) in [7, 11) is 2.01. The summed E-state index contributed by atoms with van der Waals surface area (Å²) in [6.07, 6.45) is 3.38. The third kappa shape index (κ3) is 5.41. The van der Waals surface area contributed by atoms with Gasteiger partial charge in [0.05, 0.1) is 13.2 Å². The average Bonchev–Trinajstić information content (AvgIpc) is 2.40. The fourth-order valence-electron chi connectivity index (χ4n) is 1.89. The second-order valence-electron chi connectivity index (χ2n) is 4.29. The van der Waals surface area contributed by atoms with Gasteiger partial charge in [0.25, 0.3) is 0 Å². The normalized spacial score (nSPS) is 12.2. The van der Waals surface area contributed by atoms with Gasteiger partial charge in [-0.05, 0) is 45.4 Å². The van der Waals surface area contributed by atoms with E-state index < -0.39 is 0 Å². The summed E-state index contributed by atoms with van der Waals surface area (Å²) in [5.74, 6) is 1.76. The maximum absolute atomic E-state index is 5.72. The molecule has 1 unspecified atom stereocenters. The van der Waals surface area contributed by atoms with Crippen LogP contribution in [0, 0.1) is 0 Å². The molecule has 0 fully saturated rings. The minimum atomic E-state index is 0.600. The minimum Gasteiger partial charge on any atom is -0.494 e. The van der Waals surface area contributed by atoms with Crippen LogP contribution in [0.5, 0.6) is 11.5 Å². The van der Waals surface area contributed by atoms with Crippen molar-refractivity contribution in [2.24, 2.45) is 0 Å². The van der Waals surface area contributed by atoms with E-state index in [0.29, 0.717) is 12.6 Å². The Morgan fingerprint density at radius 3 is 2.50 bits per heavy atom. The van der Waals surface area contributed by atoms with Crippen molar-refractivity contribution in [2.45, 2.75) is 39.2 Å². The first kappa shape index (κ1) is 14.8. The zero-order chi connectivity index (χ0) is 13.2. The van der Waals surface area contributed by atoms with Gasteiger partial charge in [0.2, 0.25) is 0 Å². The van der Waals surface area contributed by atoms with E-state index in [0.717, 1.165) is 37.4 Å². The maximum atomic E-state index is 5.72. The van der Waals surface area contributed by atoms with Crippen LogP contribution in [0.2, 0.25) is 0 Å². The zero-order valence-electron chi connectivity index (χ0n) is 11.7. The number of nitrogens with one attached hydrogen (secondary N) is 1. The highest BCUT2D eigenvalue weighted by molar-refractivity contribution is 5.32. The van der Waals surface area contributed by atoms with Gasteiger partial charge < -0.3 is 14.8 Å². The molecule has 1 N–H and O–H groups in total. The Morgan fingerprint density at radius 2 is 1.89 bits per heavy atom. The second-order valence-corrected chi connectivity index (χ2v) is 4.29. The molecule has 0 radical (unpaired) electrons. The minimum absolute atomic E-state index is 0.600. The average molecular weight is 251 g/mol. The Labute approximate surface area is 110 Å². The third-order valence-electron chi connectivity index (χ3n) is 2.98. The lowest BCUT2D eigenvalue weighted by Gasteiger charge is -2.14. The van der Waals surface area contributed by atoms with Gasteiger partial charge in [-0.25, -0.2) is 0 Å². The molecule has 0 aliphatic carbocycles. The number of benzene rings is 1. The third-order valence-corrected chi connectivity index (χ3v) is 2.98. The van der Waals surface area contributed by atoms with Crippen LogP contribution in [0.4, 0.5) is 0 Å². The van der Waals surface area contributed by atoms with Crippen LogP contribution in [-0.2, 0) is 0 Å². The standard InChI is InChI=1S/C15H25NO2/c1-4-13(16-3)8-7-11-18-15-10-6-9-14(12-15)17-5-2/h6,9-10,12-13,16H,4-5,7-8,11H2,1-3H3. The van der Waals surface area contributed by atoms with E-state index in [4.69, 9.17) is 9.47 Å². The molecule has 1 aromatic rings. The Morgan fingerprint density at radius 1 is 1.17 bits per heavy atom. The quantitative estimate of drug-likeness (QED) is 0.683. The molecule has 0 aliphatic rings. The summed E-state index contributed by atoms with van der Waals surface area (Å²) < 4.78 is 11.2.